The van der Waals surface area contributed by atoms with Crippen molar-refractivity contribution in [3.8, 4) is 11.5 Å². The third-order valence-electron chi connectivity index (χ3n) is 3.05. The number of hydrogen-bond acceptors (Lipinski definition) is 7. The fourth-order valence-corrected chi connectivity index (χ4v) is 2.08. The van der Waals surface area contributed by atoms with Crippen molar-refractivity contribution in [3.05, 3.63) is 40.8 Å². The summed E-state index contributed by atoms with van der Waals surface area (Å²) >= 11 is 5.82. The van der Waals surface area contributed by atoms with Gasteiger partial charge in [0.1, 0.15) is 17.3 Å². The molecule has 23 heavy (non-hydrogen) atoms. The number of ether oxygens (including phenoxy) is 3. The fourth-order valence-electron chi connectivity index (χ4n) is 1.90. The lowest BCUT2D eigenvalue weighted by Gasteiger charge is -2.12. The molecule has 2 aromatic rings. The number of nitrogens with one attached hydrogen (secondary N) is 1. The Kier molecular flexibility index (Phi) is 5.59. The quantitative estimate of drug-likeness (QED) is 0.640. The van der Waals surface area contributed by atoms with Gasteiger partial charge in [-0.05, 0) is 23.7 Å². The van der Waals surface area contributed by atoms with E-state index in [9.17, 15) is 4.79 Å². The number of anilines is 1. The maximum absolute atomic E-state index is 11.5. The van der Waals surface area contributed by atoms with Gasteiger partial charge in [0.05, 0.1) is 21.3 Å². The molecule has 0 aliphatic carbocycles. The standard InChI is InChI=1S/C15H16ClN3O4/c1-21-10-5-4-9(12(6-10)22-2)8-17-13-7-11(14(20)23-3)18-15(16)19-13/h4-7H,8H2,1-3H3,(H,17,18,19). The number of aromatic nitrogens is 2. The van der Waals surface area contributed by atoms with Crippen LogP contribution in [0.5, 0.6) is 11.5 Å². The van der Waals surface area contributed by atoms with Crippen molar-refractivity contribution in [1.29, 1.82) is 0 Å². The average Bonchev–Trinajstić information content (AvgIpc) is 2.58. The van der Waals surface area contributed by atoms with E-state index in [1.807, 2.05) is 12.1 Å². The Labute approximate surface area is 138 Å². The van der Waals surface area contributed by atoms with Crippen LogP contribution in [-0.4, -0.2) is 37.3 Å². The number of carbonyl (C=O) groups excluding carboxylic acids is 1. The van der Waals surface area contributed by atoms with E-state index >= 15 is 0 Å². The van der Waals surface area contributed by atoms with Crippen LogP contribution in [0.25, 0.3) is 0 Å². The lowest BCUT2D eigenvalue weighted by molar-refractivity contribution is 0.0594. The molecule has 1 aromatic carbocycles. The van der Waals surface area contributed by atoms with Crippen molar-refractivity contribution < 1.29 is 19.0 Å². The minimum Gasteiger partial charge on any atom is -0.497 e. The van der Waals surface area contributed by atoms with Gasteiger partial charge in [0, 0.05) is 24.2 Å². The molecule has 8 heteroatoms. The molecule has 122 valence electrons. The Hall–Kier alpha value is -2.54. The third-order valence-corrected chi connectivity index (χ3v) is 3.22. The van der Waals surface area contributed by atoms with Crippen molar-refractivity contribution in [2.45, 2.75) is 6.54 Å². The second-order valence-corrected chi connectivity index (χ2v) is 4.77. The molecule has 0 atom stereocenters. The van der Waals surface area contributed by atoms with Crippen molar-refractivity contribution in [3.63, 3.8) is 0 Å². The molecule has 0 aliphatic heterocycles. The topological polar surface area (TPSA) is 82.6 Å². The molecule has 0 bridgehead atoms. The number of esters is 1. The first-order chi connectivity index (χ1) is 11.1. The molecule has 1 N–H and O–H groups in total. The smallest absolute Gasteiger partial charge is 0.356 e. The summed E-state index contributed by atoms with van der Waals surface area (Å²) in [6.07, 6.45) is 0. The minimum atomic E-state index is -0.584. The van der Waals surface area contributed by atoms with Crippen LogP contribution in [0, 0.1) is 0 Å². The zero-order chi connectivity index (χ0) is 16.8. The SMILES string of the molecule is COC(=O)c1cc(NCc2ccc(OC)cc2OC)nc(Cl)n1. The van der Waals surface area contributed by atoms with E-state index < -0.39 is 5.97 Å². The van der Waals surface area contributed by atoms with E-state index in [-0.39, 0.29) is 11.0 Å². The van der Waals surface area contributed by atoms with Gasteiger partial charge in [-0.3, -0.25) is 0 Å². The molecule has 0 aliphatic rings. The van der Waals surface area contributed by atoms with E-state index in [0.29, 0.717) is 23.9 Å². The first-order valence-electron chi connectivity index (χ1n) is 6.65. The molecule has 0 unspecified atom stereocenters. The van der Waals surface area contributed by atoms with Crippen LogP contribution < -0.4 is 14.8 Å². The van der Waals surface area contributed by atoms with Crippen LogP contribution in [0.4, 0.5) is 5.82 Å². The van der Waals surface area contributed by atoms with Crippen molar-refractivity contribution in [2.75, 3.05) is 26.6 Å². The van der Waals surface area contributed by atoms with Gasteiger partial charge in [-0.25, -0.2) is 14.8 Å². The Morgan fingerprint density at radius 3 is 2.61 bits per heavy atom. The van der Waals surface area contributed by atoms with Gasteiger partial charge >= 0.3 is 5.97 Å². The first-order valence-corrected chi connectivity index (χ1v) is 7.03. The highest BCUT2D eigenvalue weighted by Gasteiger charge is 2.12. The number of halogens is 1. The number of methoxy groups -OCH3 is 3. The van der Waals surface area contributed by atoms with Crippen LogP contribution in [0.3, 0.4) is 0 Å². The lowest BCUT2D eigenvalue weighted by atomic mass is 10.2. The molecule has 0 saturated carbocycles. The van der Waals surface area contributed by atoms with Crippen molar-refractivity contribution in [1.82, 2.24) is 9.97 Å². The number of hydrogen-bond donors (Lipinski definition) is 1. The Balaban J connectivity index is 2.18. The lowest BCUT2D eigenvalue weighted by Crippen LogP contribution is -2.09. The highest BCUT2D eigenvalue weighted by atomic mass is 35.5. The van der Waals surface area contributed by atoms with Crippen molar-refractivity contribution in [2.24, 2.45) is 0 Å². The molecule has 2 rings (SSSR count). The van der Waals surface area contributed by atoms with Crippen LogP contribution >= 0.6 is 11.6 Å². The molecular formula is C15H16ClN3O4. The van der Waals surface area contributed by atoms with Crippen LogP contribution in [0.2, 0.25) is 5.28 Å². The van der Waals surface area contributed by atoms with Gasteiger partial charge in [0.15, 0.2) is 5.69 Å². The monoisotopic (exact) mass is 337 g/mol. The molecule has 0 saturated heterocycles. The number of nitrogens with zero attached hydrogens (tertiary/aromatic N) is 2. The van der Waals surface area contributed by atoms with E-state index in [1.165, 1.54) is 13.2 Å². The molecule has 1 heterocycles. The predicted octanol–water partition coefficient (Wildman–Crippen LogP) is 2.55. The highest BCUT2D eigenvalue weighted by Crippen LogP contribution is 2.25. The zero-order valence-corrected chi connectivity index (χ0v) is 13.7. The van der Waals surface area contributed by atoms with Crippen LogP contribution in [0.15, 0.2) is 24.3 Å². The molecule has 1 aromatic heterocycles. The zero-order valence-electron chi connectivity index (χ0n) is 12.9. The normalized spacial score (nSPS) is 10.1. The number of benzene rings is 1. The highest BCUT2D eigenvalue weighted by molar-refractivity contribution is 6.28. The van der Waals surface area contributed by atoms with Gasteiger partial charge in [-0.2, -0.15) is 0 Å². The van der Waals surface area contributed by atoms with Crippen LogP contribution in [0.1, 0.15) is 16.1 Å². The Morgan fingerprint density at radius 2 is 1.96 bits per heavy atom. The second-order valence-electron chi connectivity index (χ2n) is 4.43. The summed E-state index contributed by atoms with van der Waals surface area (Å²) in [7, 11) is 4.44. The number of rotatable bonds is 6. The number of carbonyl (C=O) groups is 1. The average molecular weight is 338 g/mol. The molecule has 0 amide bonds. The Morgan fingerprint density at radius 1 is 1.17 bits per heavy atom. The van der Waals surface area contributed by atoms with Gasteiger partial charge in [-0.15, -0.1) is 0 Å². The van der Waals surface area contributed by atoms with Gasteiger partial charge < -0.3 is 19.5 Å². The van der Waals surface area contributed by atoms with Gasteiger partial charge in [0.2, 0.25) is 5.28 Å². The maximum atomic E-state index is 11.5. The largest absolute Gasteiger partial charge is 0.497 e. The molecule has 0 spiro atoms. The van der Waals surface area contributed by atoms with E-state index in [4.69, 9.17) is 21.1 Å². The third kappa shape index (κ3) is 4.23. The van der Waals surface area contributed by atoms with Crippen molar-refractivity contribution >= 4 is 23.4 Å². The second kappa shape index (κ2) is 7.64. The van der Waals surface area contributed by atoms with Crippen LogP contribution in [-0.2, 0) is 11.3 Å². The van der Waals surface area contributed by atoms with Gasteiger partial charge in [-0.1, -0.05) is 0 Å². The predicted molar refractivity (Wildman–Crippen MR) is 85.3 cm³/mol. The summed E-state index contributed by atoms with van der Waals surface area (Å²) in [6, 6.07) is 6.94. The van der Waals surface area contributed by atoms with E-state index in [2.05, 4.69) is 20.0 Å². The Bertz CT molecular complexity index is 709. The maximum Gasteiger partial charge on any atom is 0.356 e. The first kappa shape index (κ1) is 16.8. The summed E-state index contributed by atoms with van der Waals surface area (Å²) in [5.74, 6) is 1.19. The molecule has 0 fully saturated rings. The van der Waals surface area contributed by atoms with Gasteiger partial charge in [0.25, 0.3) is 0 Å². The summed E-state index contributed by atoms with van der Waals surface area (Å²) < 4.78 is 15.1. The minimum absolute atomic E-state index is 0.0444. The molecule has 0 radical (unpaired) electrons. The summed E-state index contributed by atoms with van der Waals surface area (Å²) in [5, 5.41) is 3.02. The molecule has 7 nitrogen and oxygen atoms in total. The van der Waals surface area contributed by atoms with E-state index in [1.54, 1.807) is 20.3 Å². The summed E-state index contributed by atoms with van der Waals surface area (Å²) in [4.78, 5) is 19.4. The fraction of sp³-hybridized carbons (Fsp3) is 0.267. The molecular weight excluding hydrogens is 322 g/mol. The summed E-state index contributed by atoms with van der Waals surface area (Å²) in [6.45, 7) is 0.418. The van der Waals surface area contributed by atoms with E-state index in [0.717, 1.165) is 5.56 Å². The summed E-state index contributed by atoms with van der Waals surface area (Å²) in [5.41, 5.74) is 0.972.